The Morgan fingerprint density at radius 2 is 2.18 bits per heavy atom. The van der Waals surface area contributed by atoms with Gasteiger partial charge in [0.15, 0.2) is 6.29 Å². The quantitative estimate of drug-likeness (QED) is 0.636. The molecule has 0 atom stereocenters. The number of halogens is 2. The van der Waals surface area contributed by atoms with Crippen LogP contribution in [0.2, 0.25) is 10.0 Å². The van der Waals surface area contributed by atoms with Gasteiger partial charge in [0.05, 0.1) is 21.3 Å². The van der Waals surface area contributed by atoms with Gasteiger partial charge in [-0.05, 0) is 6.92 Å². The lowest BCUT2D eigenvalue weighted by Gasteiger charge is -2.00. The van der Waals surface area contributed by atoms with Gasteiger partial charge in [-0.2, -0.15) is 0 Å². The Balaban J connectivity index is 3.40. The number of hydrogen-bond donors (Lipinski definition) is 0. The summed E-state index contributed by atoms with van der Waals surface area (Å²) in [5, 5.41) is 0.614. The van der Waals surface area contributed by atoms with E-state index in [1.165, 1.54) is 6.20 Å². The molecule has 1 heterocycles. The maximum atomic E-state index is 10.4. The van der Waals surface area contributed by atoms with Gasteiger partial charge in [-0.1, -0.05) is 23.2 Å². The number of nitrogens with zero attached hydrogens (tertiary/aromatic N) is 1. The maximum absolute atomic E-state index is 10.4. The van der Waals surface area contributed by atoms with E-state index in [4.69, 9.17) is 23.2 Å². The molecule has 0 aliphatic heterocycles. The first-order chi connectivity index (χ1) is 5.16. The highest BCUT2D eigenvalue weighted by molar-refractivity contribution is 6.38. The van der Waals surface area contributed by atoms with Crippen molar-refractivity contribution in [3.05, 3.63) is 27.5 Å². The molecule has 58 valence electrons. The van der Waals surface area contributed by atoms with E-state index in [2.05, 4.69) is 4.98 Å². The number of pyridine rings is 1. The van der Waals surface area contributed by atoms with Crippen LogP contribution in [0.15, 0.2) is 6.20 Å². The monoisotopic (exact) mass is 189 g/mol. The summed E-state index contributed by atoms with van der Waals surface area (Å²) in [6.07, 6.45) is 2.03. The first-order valence-electron chi connectivity index (χ1n) is 2.92. The second-order valence-corrected chi connectivity index (χ2v) is 2.82. The number of aryl methyl sites for hydroxylation is 1. The predicted molar refractivity (Wildman–Crippen MR) is 44.4 cm³/mol. The van der Waals surface area contributed by atoms with Crippen molar-refractivity contribution in [1.82, 2.24) is 4.98 Å². The van der Waals surface area contributed by atoms with Crippen LogP contribution in [-0.2, 0) is 0 Å². The summed E-state index contributed by atoms with van der Waals surface area (Å²) >= 11 is 11.3. The molecule has 1 aromatic rings. The molecule has 0 aliphatic rings. The molecular formula is C7H5Cl2NO. The van der Waals surface area contributed by atoms with Crippen molar-refractivity contribution >= 4 is 29.5 Å². The molecule has 1 aromatic heterocycles. The van der Waals surface area contributed by atoms with Gasteiger partial charge in [0.25, 0.3) is 0 Å². The van der Waals surface area contributed by atoms with E-state index in [1.807, 2.05) is 0 Å². The van der Waals surface area contributed by atoms with Crippen LogP contribution in [0.3, 0.4) is 0 Å². The van der Waals surface area contributed by atoms with Crippen molar-refractivity contribution in [2.75, 3.05) is 0 Å². The zero-order chi connectivity index (χ0) is 8.43. The summed E-state index contributed by atoms with van der Waals surface area (Å²) in [6, 6.07) is 0. The summed E-state index contributed by atoms with van der Waals surface area (Å²) < 4.78 is 0. The Bertz CT molecular complexity index is 299. The molecule has 4 heteroatoms. The fourth-order valence-electron chi connectivity index (χ4n) is 0.687. The van der Waals surface area contributed by atoms with Gasteiger partial charge in [0, 0.05) is 6.20 Å². The van der Waals surface area contributed by atoms with E-state index in [9.17, 15) is 4.79 Å². The summed E-state index contributed by atoms with van der Waals surface area (Å²) in [5.74, 6) is 0. The van der Waals surface area contributed by atoms with Crippen molar-refractivity contribution < 1.29 is 4.79 Å². The second kappa shape index (κ2) is 3.20. The maximum Gasteiger partial charge on any atom is 0.153 e. The second-order valence-electron chi connectivity index (χ2n) is 2.04. The minimum absolute atomic E-state index is 0.288. The Kier molecular flexibility index (Phi) is 2.47. The highest BCUT2D eigenvalue weighted by Crippen LogP contribution is 2.23. The van der Waals surface area contributed by atoms with Crippen LogP contribution in [0.25, 0.3) is 0 Å². The average molecular weight is 190 g/mol. The standard InChI is InChI=1S/C7H5Cl2NO/c1-4-7(9)5(3-11)6(8)2-10-4/h2-3H,1H3. The fraction of sp³-hybridized carbons (Fsp3) is 0.143. The molecular weight excluding hydrogens is 185 g/mol. The van der Waals surface area contributed by atoms with E-state index in [1.54, 1.807) is 6.92 Å². The molecule has 2 nitrogen and oxygen atoms in total. The van der Waals surface area contributed by atoms with Crippen LogP contribution in [0, 0.1) is 6.92 Å². The third-order valence-corrected chi connectivity index (χ3v) is 2.08. The number of carbonyl (C=O) groups is 1. The summed E-state index contributed by atoms with van der Waals surface area (Å²) in [7, 11) is 0. The van der Waals surface area contributed by atoms with Crippen LogP contribution in [0.1, 0.15) is 16.1 Å². The predicted octanol–water partition coefficient (Wildman–Crippen LogP) is 2.51. The van der Waals surface area contributed by atoms with Crippen molar-refractivity contribution in [2.45, 2.75) is 6.92 Å². The van der Waals surface area contributed by atoms with E-state index in [-0.39, 0.29) is 5.02 Å². The Hall–Kier alpha value is -0.600. The van der Waals surface area contributed by atoms with Gasteiger partial charge in [0.1, 0.15) is 0 Å². The summed E-state index contributed by atoms with van der Waals surface area (Å²) in [5.41, 5.74) is 0.916. The van der Waals surface area contributed by atoms with E-state index in [0.29, 0.717) is 22.6 Å². The molecule has 0 aromatic carbocycles. The van der Waals surface area contributed by atoms with Gasteiger partial charge < -0.3 is 0 Å². The lowest BCUT2D eigenvalue weighted by Crippen LogP contribution is -1.90. The van der Waals surface area contributed by atoms with Gasteiger partial charge in [-0.15, -0.1) is 0 Å². The number of hydrogen-bond acceptors (Lipinski definition) is 2. The summed E-state index contributed by atoms with van der Waals surface area (Å²) in [4.78, 5) is 14.3. The first kappa shape index (κ1) is 8.50. The minimum Gasteiger partial charge on any atom is -0.298 e. The van der Waals surface area contributed by atoms with E-state index >= 15 is 0 Å². The molecule has 0 saturated heterocycles. The molecule has 0 N–H and O–H groups in total. The Morgan fingerprint density at radius 1 is 1.55 bits per heavy atom. The molecule has 0 unspecified atom stereocenters. The van der Waals surface area contributed by atoms with Crippen LogP contribution in [-0.4, -0.2) is 11.3 Å². The number of carbonyl (C=O) groups excluding carboxylic acids is 1. The van der Waals surface area contributed by atoms with Gasteiger partial charge in [-0.25, -0.2) is 0 Å². The number of rotatable bonds is 1. The average Bonchev–Trinajstić information content (AvgIpc) is 1.99. The van der Waals surface area contributed by atoms with Crippen LogP contribution in [0.5, 0.6) is 0 Å². The molecule has 0 radical (unpaired) electrons. The van der Waals surface area contributed by atoms with Crippen molar-refractivity contribution in [1.29, 1.82) is 0 Å². The first-order valence-corrected chi connectivity index (χ1v) is 3.68. The minimum atomic E-state index is 0.288. The van der Waals surface area contributed by atoms with Crippen molar-refractivity contribution in [3.63, 3.8) is 0 Å². The van der Waals surface area contributed by atoms with Crippen molar-refractivity contribution in [2.24, 2.45) is 0 Å². The Labute approximate surface area is 74.1 Å². The molecule has 0 fully saturated rings. The highest BCUT2D eigenvalue weighted by Gasteiger charge is 2.07. The molecule has 1 rings (SSSR count). The molecule has 0 spiro atoms. The largest absolute Gasteiger partial charge is 0.298 e. The number of aromatic nitrogens is 1. The third-order valence-electron chi connectivity index (χ3n) is 1.30. The van der Waals surface area contributed by atoms with E-state index < -0.39 is 0 Å². The molecule has 11 heavy (non-hydrogen) atoms. The summed E-state index contributed by atoms with van der Waals surface area (Å²) in [6.45, 7) is 1.71. The topological polar surface area (TPSA) is 30.0 Å². The van der Waals surface area contributed by atoms with E-state index in [0.717, 1.165) is 0 Å². The normalized spacial score (nSPS) is 9.73. The highest BCUT2D eigenvalue weighted by atomic mass is 35.5. The third kappa shape index (κ3) is 1.52. The lowest BCUT2D eigenvalue weighted by molar-refractivity contribution is 0.112. The Morgan fingerprint density at radius 3 is 2.64 bits per heavy atom. The molecule has 0 amide bonds. The van der Waals surface area contributed by atoms with Crippen molar-refractivity contribution in [3.8, 4) is 0 Å². The van der Waals surface area contributed by atoms with Crippen LogP contribution < -0.4 is 0 Å². The van der Waals surface area contributed by atoms with Gasteiger partial charge in [-0.3, -0.25) is 9.78 Å². The lowest BCUT2D eigenvalue weighted by atomic mass is 10.2. The molecule has 0 aliphatic carbocycles. The van der Waals surface area contributed by atoms with Gasteiger partial charge in [0.2, 0.25) is 0 Å². The zero-order valence-electron chi connectivity index (χ0n) is 5.77. The van der Waals surface area contributed by atoms with Crippen LogP contribution in [0.4, 0.5) is 0 Å². The fourth-order valence-corrected chi connectivity index (χ4v) is 1.12. The SMILES string of the molecule is Cc1ncc(Cl)c(C=O)c1Cl. The van der Waals surface area contributed by atoms with Crippen LogP contribution >= 0.6 is 23.2 Å². The van der Waals surface area contributed by atoms with Gasteiger partial charge >= 0.3 is 0 Å². The molecule has 0 saturated carbocycles. The zero-order valence-corrected chi connectivity index (χ0v) is 7.28. The smallest absolute Gasteiger partial charge is 0.153 e. The molecule has 0 bridgehead atoms. The number of aldehydes is 1.